The van der Waals surface area contributed by atoms with Crippen LogP contribution in [0.25, 0.3) is 6.08 Å². The Morgan fingerprint density at radius 2 is 1.62 bits per heavy atom. The molecular weight excluding hydrogens is 472 g/mol. The summed E-state index contributed by atoms with van der Waals surface area (Å²) >= 11 is 0. The molecule has 0 aliphatic carbocycles. The first-order chi connectivity index (χ1) is 17.9. The number of likely N-dealkylation sites (tertiary alicyclic amines) is 1. The molecule has 4 rings (SSSR count). The number of benzene rings is 2. The topological polar surface area (TPSA) is 90.2 Å². The number of anilines is 1. The molecule has 1 fully saturated rings. The van der Waals surface area contributed by atoms with Crippen LogP contribution in [0.5, 0.6) is 17.2 Å². The van der Waals surface area contributed by atoms with E-state index in [9.17, 15) is 9.59 Å². The number of nitrogens with zero attached hydrogens (tertiary/aromatic N) is 1. The van der Waals surface area contributed by atoms with E-state index >= 15 is 0 Å². The summed E-state index contributed by atoms with van der Waals surface area (Å²) in [6, 6.07) is 13.3. The van der Waals surface area contributed by atoms with Gasteiger partial charge in [0.25, 0.3) is 5.91 Å². The summed E-state index contributed by atoms with van der Waals surface area (Å²) in [6.07, 6.45) is 6.60. The van der Waals surface area contributed by atoms with Crippen molar-refractivity contribution in [2.75, 3.05) is 39.7 Å². The van der Waals surface area contributed by atoms with Gasteiger partial charge in [-0.2, -0.15) is 0 Å². The highest BCUT2D eigenvalue weighted by atomic mass is 16.5. The zero-order valence-corrected chi connectivity index (χ0v) is 21.6. The van der Waals surface area contributed by atoms with Gasteiger partial charge in [-0.25, -0.2) is 0 Å². The number of ether oxygens (including phenoxy) is 3. The van der Waals surface area contributed by atoms with Crippen molar-refractivity contribution in [3.63, 3.8) is 0 Å². The number of methoxy groups -OCH3 is 3. The van der Waals surface area contributed by atoms with Gasteiger partial charge in [0.2, 0.25) is 11.7 Å². The lowest BCUT2D eigenvalue weighted by Crippen LogP contribution is -2.36. The van der Waals surface area contributed by atoms with E-state index in [1.165, 1.54) is 11.8 Å². The molecule has 1 saturated heterocycles. The van der Waals surface area contributed by atoms with Gasteiger partial charge in [-0.1, -0.05) is 12.1 Å². The quantitative estimate of drug-likeness (QED) is 0.420. The molecule has 2 heterocycles. The fourth-order valence-electron chi connectivity index (χ4n) is 4.54. The van der Waals surface area contributed by atoms with Crippen molar-refractivity contribution < 1.29 is 28.2 Å². The van der Waals surface area contributed by atoms with Crippen LogP contribution in [0.2, 0.25) is 0 Å². The highest BCUT2D eigenvalue weighted by Gasteiger charge is 2.23. The predicted molar refractivity (Wildman–Crippen MR) is 142 cm³/mol. The lowest BCUT2D eigenvalue weighted by atomic mass is 9.89. The van der Waals surface area contributed by atoms with Crippen molar-refractivity contribution in [3.8, 4) is 17.2 Å². The molecule has 0 saturated carbocycles. The summed E-state index contributed by atoms with van der Waals surface area (Å²) in [5.74, 6) is 1.98. The first-order valence-electron chi connectivity index (χ1n) is 12.2. The van der Waals surface area contributed by atoms with E-state index in [0.717, 1.165) is 24.0 Å². The smallest absolute Gasteiger partial charge is 0.291 e. The van der Waals surface area contributed by atoms with Gasteiger partial charge in [0.15, 0.2) is 17.3 Å². The van der Waals surface area contributed by atoms with Crippen LogP contribution in [-0.4, -0.2) is 51.1 Å². The Balaban J connectivity index is 1.32. The van der Waals surface area contributed by atoms with E-state index in [4.69, 9.17) is 18.6 Å². The second-order valence-electron chi connectivity index (χ2n) is 8.90. The average Bonchev–Trinajstić information content (AvgIpc) is 3.37. The molecule has 8 nitrogen and oxygen atoms in total. The zero-order valence-electron chi connectivity index (χ0n) is 21.6. The van der Waals surface area contributed by atoms with Crippen LogP contribution in [0.4, 0.5) is 5.69 Å². The summed E-state index contributed by atoms with van der Waals surface area (Å²) in [6.45, 7) is 3.19. The standard InChI is InChI=1S/C29H32N2O6/c1-19-13-16-37-27(19)29(33)30-23-8-6-21(7-9-23)22-11-14-31(15-12-22)26(32)10-5-20-17-24(34-2)28(36-4)25(18-20)35-3/h5-10,13,16-18,22H,11-12,14-15H2,1-4H3,(H,30,33)/b10-5+. The lowest BCUT2D eigenvalue weighted by molar-refractivity contribution is -0.126. The van der Waals surface area contributed by atoms with E-state index in [2.05, 4.69) is 5.32 Å². The predicted octanol–water partition coefficient (Wildman–Crippen LogP) is 5.29. The molecule has 0 unspecified atom stereocenters. The van der Waals surface area contributed by atoms with Crippen LogP contribution in [0.3, 0.4) is 0 Å². The number of hydrogen-bond donors (Lipinski definition) is 1. The van der Waals surface area contributed by atoms with Gasteiger partial charge < -0.3 is 28.8 Å². The van der Waals surface area contributed by atoms with Crippen molar-refractivity contribution in [2.24, 2.45) is 0 Å². The van der Waals surface area contributed by atoms with Crippen LogP contribution in [0.1, 0.15) is 46.0 Å². The first-order valence-corrected chi connectivity index (χ1v) is 12.2. The number of furan rings is 1. The third-order valence-corrected chi connectivity index (χ3v) is 6.62. The third-order valence-electron chi connectivity index (χ3n) is 6.62. The summed E-state index contributed by atoms with van der Waals surface area (Å²) in [7, 11) is 4.68. The Kier molecular flexibility index (Phi) is 8.18. The molecule has 0 bridgehead atoms. The summed E-state index contributed by atoms with van der Waals surface area (Å²) in [4.78, 5) is 27.0. The zero-order chi connectivity index (χ0) is 26.4. The maximum Gasteiger partial charge on any atom is 0.291 e. The fraction of sp³-hybridized carbons (Fsp3) is 0.310. The molecular formula is C29H32N2O6. The van der Waals surface area contributed by atoms with E-state index in [1.807, 2.05) is 36.1 Å². The van der Waals surface area contributed by atoms with Crippen LogP contribution < -0.4 is 19.5 Å². The molecule has 0 atom stereocenters. The van der Waals surface area contributed by atoms with Crippen LogP contribution in [0.15, 0.2) is 59.2 Å². The number of nitrogens with one attached hydrogen (secondary N) is 1. The monoisotopic (exact) mass is 504 g/mol. The minimum Gasteiger partial charge on any atom is -0.493 e. The van der Waals surface area contributed by atoms with Crippen LogP contribution in [0, 0.1) is 6.92 Å². The van der Waals surface area contributed by atoms with Crippen molar-refractivity contribution in [1.29, 1.82) is 0 Å². The van der Waals surface area contributed by atoms with E-state index < -0.39 is 0 Å². The van der Waals surface area contributed by atoms with Crippen LogP contribution >= 0.6 is 0 Å². The Morgan fingerprint density at radius 3 is 2.16 bits per heavy atom. The van der Waals surface area contributed by atoms with E-state index in [1.54, 1.807) is 51.7 Å². The van der Waals surface area contributed by atoms with Gasteiger partial charge in [0.1, 0.15) is 0 Å². The number of amides is 2. The van der Waals surface area contributed by atoms with Crippen LogP contribution in [-0.2, 0) is 4.79 Å². The van der Waals surface area contributed by atoms with Gasteiger partial charge >= 0.3 is 0 Å². The Hall–Kier alpha value is -4.20. The minimum atomic E-state index is -0.262. The molecule has 0 spiro atoms. The number of aryl methyl sites for hydroxylation is 1. The number of rotatable bonds is 8. The number of carbonyl (C=O) groups excluding carboxylic acids is 2. The van der Waals surface area contributed by atoms with Gasteiger partial charge in [0, 0.05) is 30.4 Å². The first kappa shape index (κ1) is 25.9. The molecule has 0 radical (unpaired) electrons. The van der Waals surface area contributed by atoms with Crippen molar-refractivity contribution in [1.82, 2.24) is 4.90 Å². The second-order valence-corrected chi connectivity index (χ2v) is 8.90. The number of hydrogen-bond acceptors (Lipinski definition) is 6. The number of carbonyl (C=O) groups is 2. The van der Waals surface area contributed by atoms with E-state index in [0.29, 0.717) is 47.7 Å². The molecule has 2 amide bonds. The molecule has 1 aromatic heterocycles. The Morgan fingerprint density at radius 1 is 0.973 bits per heavy atom. The highest BCUT2D eigenvalue weighted by molar-refractivity contribution is 6.03. The van der Waals surface area contributed by atoms with Gasteiger partial charge in [-0.3, -0.25) is 9.59 Å². The largest absolute Gasteiger partial charge is 0.493 e. The van der Waals surface area contributed by atoms with Gasteiger partial charge in [-0.15, -0.1) is 0 Å². The molecule has 2 aromatic carbocycles. The third kappa shape index (κ3) is 5.97. The minimum absolute atomic E-state index is 0.0292. The van der Waals surface area contributed by atoms with Crippen molar-refractivity contribution >= 4 is 23.6 Å². The molecule has 8 heteroatoms. The summed E-state index contributed by atoms with van der Waals surface area (Å²) in [5, 5.41) is 2.87. The Bertz CT molecular complexity index is 1240. The van der Waals surface area contributed by atoms with Crippen molar-refractivity contribution in [2.45, 2.75) is 25.7 Å². The highest BCUT2D eigenvalue weighted by Crippen LogP contribution is 2.38. The molecule has 37 heavy (non-hydrogen) atoms. The summed E-state index contributed by atoms with van der Waals surface area (Å²) in [5.41, 5.74) is 3.50. The SMILES string of the molecule is COc1cc(/C=C/C(=O)N2CCC(c3ccc(NC(=O)c4occc4C)cc3)CC2)cc(OC)c1OC. The molecule has 194 valence electrons. The Labute approximate surface area is 216 Å². The normalized spacial score (nSPS) is 14.0. The van der Waals surface area contributed by atoms with Gasteiger partial charge in [0.05, 0.1) is 27.6 Å². The van der Waals surface area contributed by atoms with E-state index in [-0.39, 0.29) is 11.8 Å². The maximum atomic E-state index is 12.8. The molecule has 1 N–H and O–H groups in total. The lowest BCUT2D eigenvalue weighted by Gasteiger charge is -2.31. The molecule has 1 aliphatic heterocycles. The van der Waals surface area contributed by atoms with Gasteiger partial charge in [-0.05, 0) is 73.2 Å². The molecule has 1 aliphatic rings. The average molecular weight is 505 g/mol. The molecule has 3 aromatic rings. The fourth-order valence-corrected chi connectivity index (χ4v) is 4.54. The second kappa shape index (κ2) is 11.7. The maximum absolute atomic E-state index is 12.8. The van der Waals surface area contributed by atoms with Crippen molar-refractivity contribution in [3.05, 3.63) is 77.3 Å². The number of piperidine rings is 1. The summed E-state index contributed by atoms with van der Waals surface area (Å²) < 4.78 is 21.4.